The summed E-state index contributed by atoms with van der Waals surface area (Å²) >= 11 is 0. The Bertz CT molecular complexity index is 492. The molecular formula is C13H15NO4. The molecular weight excluding hydrogens is 234 g/mol. The summed E-state index contributed by atoms with van der Waals surface area (Å²) in [5, 5.41) is 18.9. The maximum atomic E-state index is 12.1. The zero-order chi connectivity index (χ0) is 13.3. The summed E-state index contributed by atoms with van der Waals surface area (Å²) in [6, 6.07) is 6.11. The van der Waals surface area contributed by atoms with Crippen molar-refractivity contribution in [3.63, 3.8) is 0 Å². The number of benzene rings is 1. The molecule has 1 heterocycles. The highest BCUT2D eigenvalue weighted by Gasteiger charge is 2.42. The van der Waals surface area contributed by atoms with Gasteiger partial charge in [0.05, 0.1) is 29.8 Å². The summed E-state index contributed by atoms with van der Waals surface area (Å²) in [7, 11) is 0. The first kappa shape index (κ1) is 12.6. The predicted octanol–water partition coefficient (Wildman–Crippen LogP) is 0.982. The van der Waals surface area contributed by atoms with Gasteiger partial charge in [-0.1, -0.05) is 19.1 Å². The standard InChI is InChI=1S/C13H15NO4/c1-2-13(18)7-14(8-13)11(15)9-5-3-4-6-10(9)12(16)17/h3-6,18H,2,7-8H2,1H3,(H,16,17). The molecule has 1 aliphatic heterocycles. The Morgan fingerprint density at radius 3 is 2.33 bits per heavy atom. The molecule has 5 nitrogen and oxygen atoms in total. The number of likely N-dealkylation sites (tertiary alicyclic amines) is 1. The number of carbonyl (C=O) groups is 2. The zero-order valence-corrected chi connectivity index (χ0v) is 10.1. The van der Waals surface area contributed by atoms with E-state index in [4.69, 9.17) is 5.11 Å². The fourth-order valence-electron chi connectivity index (χ4n) is 2.06. The largest absolute Gasteiger partial charge is 0.478 e. The second kappa shape index (κ2) is 4.42. The van der Waals surface area contributed by atoms with Crippen LogP contribution in [0.4, 0.5) is 0 Å². The Morgan fingerprint density at radius 1 is 1.28 bits per heavy atom. The molecule has 1 aliphatic rings. The number of β-amino-alcohol motifs (C(OH)–C–C–N with tert-alkyl or cyclic N) is 1. The lowest BCUT2D eigenvalue weighted by Gasteiger charge is -2.46. The number of carbonyl (C=O) groups excluding carboxylic acids is 1. The van der Waals surface area contributed by atoms with Gasteiger partial charge < -0.3 is 15.1 Å². The van der Waals surface area contributed by atoms with Crippen LogP contribution >= 0.6 is 0 Å². The molecule has 1 fully saturated rings. The number of rotatable bonds is 3. The molecule has 0 spiro atoms. The van der Waals surface area contributed by atoms with Gasteiger partial charge in [0.1, 0.15) is 0 Å². The van der Waals surface area contributed by atoms with Gasteiger partial charge in [-0.25, -0.2) is 4.79 Å². The van der Waals surface area contributed by atoms with Gasteiger partial charge in [0.2, 0.25) is 0 Å². The maximum absolute atomic E-state index is 12.1. The van der Waals surface area contributed by atoms with Gasteiger partial charge in [-0.05, 0) is 18.6 Å². The molecule has 0 unspecified atom stereocenters. The molecule has 0 radical (unpaired) electrons. The molecule has 0 saturated carbocycles. The SMILES string of the molecule is CCC1(O)CN(C(=O)c2ccccc2C(=O)O)C1. The van der Waals surface area contributed by atoms with Crippen molar-refractivity contribution in [1.82, 2.24) is 4.90 Å². The highest BCUT2D eigenvalue weighted by molar-refractivity contribution is 6.05. The topological polar surface area (TPSA) is 77.8 Å². The molecule has 0 aliphatic carbocycles. The van der Waals surface area contributed by atoms with E-state index in [1.807, 2.05) is 6.92 Å². The van der Waals surface area contributed by atoms with Gasteiger partial charge in [0.25, 0.3) is 5.91 Å². The first-order chi connectivity index (χ1) is 8.47. The average molecular weight is 249 g/mol. The minimum atomic E-state index is -1.12. The Balaban J connectivity index is 2.19. The number of amides is 1. The Labute approximate surface area is 105 Å². The van der Waals surface area contributed by atoms with Crippen LogP contribution in [0.25, 0.3) is 0 Å². The minimum Gasteiger partial charge on any atom is -0.478 e. The summed E-state index contributed by atoms with van der Waals surface area (Å²) < 4.78 is 0. The second-order valence-corrected chi connectivity index (χ2v) is 4.59. The minimum absolute atomic E-state index is 0.00515. The van der Waals surface area contributed by atoms with Crippen molar-refractivity contribution in [2.24, 2.45) is 0 Å². The second-order valence-electron chi connectivity index (χ2n) is 4.59. The number of carboxylic acids is 1. The van der Waals surface area contributed by atoms with Crippen molar-refractivity contribution < 1.29 is 19.8 Å². The normalized spacial score (nSPS) is 17.1. The van der Waals surface area contributed by atoms with Crippen LogP contribution in [-0.4, -0.2) is 45.7 Å². The molecule has 1 aromatic rings. The van der Waals surface area contributed by atoms with E-state index in [0.717, 1.165) is 0 Å². The number of nitrogens with zero attached hydrogens (tertiary/aromatic N) is 1. The Kier molecular flexibility index (Phi) is 3.09. The molecule has 1 aromatic carbocycles. The van der Waals surface area contributed by atoms with Crippen LogP contribution in [0.15, 0.2) is 24.3 Å². The molecule has 5 heteroatoms. The molecule has 2 N–H and O–H groups in total. The molecule has 96 valence electrons. The maximum Gasteiger partial charge on any atom is 0.336 e. The summed E-state index contributed by atoms with van der Waals surface area (Å²) in [5.41, 5.74) is -0.647. The van der Waals surface area contributed by atoms with Crippen molar-refractivity contribution in [1.29, 1.82) is 0 Å². The van der Waals surface area contributed by atoms with E-state index in [9.17, 15) is 14.7 Å². The van der Waals surface area contributed by atoms with Crippen molar-refractivity contribution in [3.8, 4) is 0 Å². The molecule has 0 aromatic heterocycles. The van der Waals surface area contributed by atoms with E-state index in [1.165, 1.54) is 17.0 Å². The number of carboxylic acid groups (broad SMARTS) is 1. The number of aliphatic hydroxyl groups is 1. The van der Waals surface area contributed by atoms with E-state index >= 15 is 0 Å². The van der Waals surface area contributed by atoms with E-state index in [2.05, 4.69) is 0 Å². The monoisotopic (exact) mass is 249 g/mol. The van der Waals surface area contributed by atoms with Crippen LogP contribution in [0, 0.1) is 0 Å². The molecule has 1 amide bonds. The first-order valence-corrected chi connectivity index (χ1v) is 5.81. The Hall–Kier alpha value is -1.88. The summed E-state index contributed by atoms with van der Waals surface area (Å²) in [5.74, 6) is -1.46. The predicted molar refractivity (Wildman–Crippen MR) is 64.5 cm³/mol. The van der Waals surface area contributed by atoms with Gasteiger partial charge in [0, 0.05) is 0 Å². The van der Waals surface area contributed by atoms with E-state index in [1.54, 1.807) is 12.1 Å². The summed E-state index contributed by atoms with van der Waals surface area (Å²) in [6.45, 7) is 2.37. The number of aromatic carboxylic acids is 1. The average Bonchev–Trinajstić information content (AvgIpc) is 2.34. The van der Waals surface area contributed by atoms with Gasteiger partial charge in [-0.15, -0.1) is 0 Å². The van der Waals surface area contributed by atoms with E-state index < -0.39 is 11.6 Å². The molecule has 2 rings (SSSR count). The van der Waals surface area contributed by atoms with Crippen molar-refractivity contribution >= 4 is 11.9 Å². The van der Waals surface area contributed by atoms with Crippen LogP contribution < -0.4 is 0 Å². The summed E-state index contributed by atoms with van der Waals surface area (Å²) in [6.07, 6.45) is 0.581. The first-order valence-electron chi connectivity index (χ1n) is 5.81. The van der Waals surface area contributed by atoms with E-state index in [0.29, 0.717) is 6.42 Å². The van der Waals surface area contributed by atoms with Crippen molar-refractivity contribution in [2.45, 2.75) is 18.9 Å². The Morgan fingerprint density at radius 2 is 1.83 bits per heavy atom. The number of hydrogen-bond acceptors (Lipinski definition) is 3. The lowest BCUT2D eigenvalue weighted by Crippen LogP contribution is -2.63. The highest BCUT2D eigenvalue weighted by atomic mass is 16.4. The quantitative estimate of drug-likeness (QED) is 0.837. The summed E-state index contributed by atoms with van der Waals surface area (Å²) in [4.78, 5) is 24.6. The fraction of sp³-hybridized carbons (Fsp3) is 0.385. The highest BCUT2D eigenvalue weighted by Crippen LogP contribution is 2.26. The van der Waals surface area contributed by atoms with Crippen LogP contribution in [0.1, 0.15) is 34.1 Å². The lowest BCUT2D eigenvalue weighted by atomic mass is 9.90. The third-order valence-electron chi connectivity index (χ3n) is 3.30. The number of hydrogen-bond donors (Lipinski definition) is 2. The van der Waals surface area contributed by atoms with E-state index in [-0.39, 0.29) is 30.1 Å². The fourth-order valence-corrected chi connectivity index (χ4v) is 2.06. The van der Waals surface area contributed by atoms with Crippen molar-refractivity contribution in [2.75, 3.05) is 13.1 Å². The molecule has 0 atom stereocenters. The molecule has 18 heavy (non-hydrogen) atoms. The zero-order valence-electron chi connectivity index (χ0n) is 10.1. The van der Waals surface area contributed by atoms with Gasteiger partial charge in [0.15, 0.2) is 0 Å². The lowest BCUT2D eigenvalue weighted by molar-refractivity contribution is -0.0826. The van der Waals surface area contributed by atoms with Crippen LogP contribution in [0.5, 0.6) is 0 Å². The van der Waals surface area contributed by atoms with Crippen molar-refractivity contribution in [3.05, 3.63) is 35.4 Å². The van der Waals surface area contributed by atoms with Crippen LogP contribution in [-0.2, 0) is 0 Å². The van der Waals surface area contributed by atoms with Gasteiger partial charge in [-0.3, -0.25) is 4.79 Å². The third-order valence-corrected chi connectivity index (χ3v) is 3.30. The van der Waals surface area contributed by atoms with Gasteiger partial charge in [-0.2, -0.15) is 0 Å². The molecule has 0 bridgehead atoms. The van der Waals surface area contributed by atoms with Gasteiger partial charge >= 0.3 is 5.97 Å². The van der Waals surface area contributed by atoms with Crippen LogP contribution in [0.3, 0.4) is 0 Å². The molecule has 1 saturated heterocycles. The third kappa shape index (κ3) is 2.09. The van der Waals surface area contributed by atoms with Crippen LogP contribution in [0.2, 0.25) is 0 Å². The smallest absolute Gasteiger partial charge is 0.336 e.